The zero-order valence-electron chi connectivity index (χ0n) is 13.1. The Labute approximate surface area is 114 Å². The van der Waals surface area contributed by atoms with Crippen LogP contribution in [0.25, 0.3) is 0 Å². The van der Waals surface area contributed by atoms with Crippen molar-refractivity contribution >= 4 is 0 Å². The average molecular weight is 252 g/mol. The highest BCUT2D eigenvalue weighted by molar-refractivity contribution is 4.92. The first-order chi connectivity index (χ1) is 8.26. The fourth-order valence-electron chi connectivity index (χ4n) is 4.52. The largest absolute Gasteiger partial charge is 0.314 e. The summed E-state index contributed by atoms with van der Waals surface area (Å²) in [7, 11) is 2.24. The Morgan fingerprint density at radius 1 is 1.11 bits per heavy atom. The zero-order valence-corrected chi connectivity index (χ0v) is 13.1. The predicted molar refractivity (Wildman–Crippen MR) is 78.8 cm³/mol. The molecule has 2 heteroatoms. The second-order valence-corrected chi connectivity index (χ2v) is 8.44. The summed E-state index contributed by atoms with van der Waals surface area (Å²) in [6.07, 6.45) is 5.44. The highest BCUT2D eigenvalue weighted by Crippen LogP contribution is 2.45. The van der Waals surface area contributed by atoms with Crippen molar-refractivity contribution in [2.75, 3.05) is 26.7 Å². The monoisotopic (exact) mass is 252 g/mol. The molecule has 1 heterocycles. The zero-order chi connectivity index (χ0) is 13.4. The Morgan fingerprint density at radius 2 is 1.72 bits per heavy atom. The van der Waals surface area contributed by atoms with E-state index in [1.54, 1.807) is 0 Å². The van der Waals surface area contributed by atoms with E-state index in [9.17, 15) is 0 Å². The number of rotatable bonds is 3. The van der Waals surface area contributed by atoms with Crippen LogP contribution in [-0.2, 0) is 0 Å². The van der Waals surface area contributed by atoms with Gasteiger partial charge in [0.05, 0.1) is 0 Å². The molecule has 1 atom stereocenters. The topological polar surface area (TPSA) is 15.3 Å². The van der Waals surface area contributed by atoms with Crippen LogP contribution >= 0.6 is 0 Å². The van der Waals surface area contributed by atoms with E-state index in [0.29, 0.717) is 10.8 Å². The van der Waals surface area contributed by atoms with E-state index in [2.05, 4.69) is 45.0 Å². The third-order valence-corrected chi connectivity index (χ3v) is 4.74. The first-order valence-electron chi connectivity index (χ1n) is 7.68. The minimum Gasteiger partial charge on any atom is -0.314 e. The maximum absolute atomic E-state index is 3.87. The van der Waals surface area contributed by atoms with Gasteiger partial charge < -0.3 is 10.2 Å². The number of likely N-dealkylation sites (tertiary alicyclic amines) is 1. The summed E-state index contributed by atoms with van der Waals surface area (Å²) in [5.74, 6) is 0.878. The summed E-state index contributed by atoms with van der Waals surface area (Å²) in [6.45, 7) is 13.5. The highest BCUT2D eigenvalue weighted by atomic mass is 15.1. The molecule has 0 aromatic carbocycles. The molecule has 0 aromatic rings. The summed E-state index contributed by atoms with van der Waals surface area (Å²) in [4.78, 5) is 2.46. The van der Waals surface area contributed by atoms with Gasteiger partial charge in [-0.05, 0) is 62.6 Å². The van der Waals surface area contributed by atoms with E-state index < -0.39 is 0 Å². The molecule has 2 rings (SSSR count). The van der Waals surface area contributed by atoms with Crippen LogP contribution in [0.4, 0.5) is 0 Å². The molecule has 0 amide bonds. The molecule has 0 spiro atoms. The van der Waals surface area contributed by atoms with Gasteiger partial charge in [0.1, 0.15) is 0 Å². The SMILES string of the molecule is CN1CCC(CNC2CC(C)(C)CC(C)(C)C2)C1. The van der Waals surface area contributed by atoms with Gasteiger partial charge in [-0.2, -0.15) is 0 Å². The van der Waals surface area contributed by atoms with E-state index in [0.717, 1.165) is 12.0 Å². The van der Waals surface area contributed by atoms with Crippen molar-refractivity contribution in [3.05, 3.63) is 0 Å². The molecule has 0 radical (unpaired) electrons. The summed E-state index contributed by atoms with van der Waals surface area (Å²) in [5.41, 5.74) is 1.01. The van der Waals surface area contributed by atoms with Crippen molar-refractivity contribution in [3.63, 3.8) is 0 Å². The lowest BCUT2D eigenvalue weighted by Crippen LogP contribution is -2.45. The van der Waals surface area contributed by atoms with Crippen LogP contribution in [0.3, 0.4) is 0 Å². The lowest BCUT2D eigenvalue weighted by Gasteiger charge is -2.45. The Hall–Kier alpha value is -0.0800. The van der Waals surface area contributed by atoms with E-state index in [1.807, 2.05) is 0 Å². The standard InChI is InChI=1S/C16H32N2/c1-15(2)8-14(9-16(3,4)12-15)17-10-13-6-7-18(5)11-13/h13-14,17H,6-12H2,1-5H3. The molecular weight excluding hydrogens is 220 g/mol. The summed E-state index contributed by atoms with van der Waals surface area (Å²) < 4.78 is 0. The van der Waals surface area contributed by atoms with E-state index in [1.165, 1.54) is 45.3 Å². The second kappa shape index (κ2) is 5.13. The molecule has 0 bridgehead atoms. The quantitative estimate of drug-likeness (QED) is 0.830. The van der Waals surface area contributed by atoms with Crippen LogP contribution in [0.5, 0.6) is 0 Å². The van der Waals surface area contributed by atoms with Crippen molar-refractivity contribution in [2.24, 2.45) is 16.7 Å². The van der Waals surface area contributed by atoms with Gasteiger partial charge in [-0.25, -0.2) is 0 Å². The third-order valence-electron chi connectivity index (χ3n) is 4.74. The van der Waals surface area contributed by atoms with Crippen LogP contribution in [-0.4, -0.2) is 37.6 Å². The van der Waals surface area contributed by atoms with E-state index in [4.69, 9.17) is 0 Å². The van der Waals surface area contributed by atoms with Gasteiger partial charge in [0.2, 0.25) is 0 Å². The maximum atomic E-state index is 3.87. The molecule has 1 N–H and O–H groups in total. The van der Waals surface area contributed by atoms with Crippen LogP contribution in [0.15, 0.2) is 0 Å². The predicted octanol–water partition coefficient (Wildman–Crippen LogP) is 3.13. The maximum Gasteiger partial charge on any atom is 0.00773 e. The number of nitrogens with one attached hydrogen (secondary N) is 1. The Balaban J connectivity index is 1.82. The van der Waals surface area contributed by atoms with E-state index in [-0.39, 0.29) is 0 Å². The number of nitrogens with zero attached hydrogens (tertiary/aromatic N) is 1. The van der Waals surface area contributed by atoms with Crippen molar-refractivity contribution in [3.8, 4) is 0 Å². The van der Waals surface area contributed by atoms with Gasteiger partial charge in [-0.3, -0.25) is 0 Å². The van der Waals surface area contributed by atoms with Crippen LogP contribution in [0, 0.1) is 16.7 Å². The fraction of sp³-hybridized carbons (Fsp3) is 1.00. The molecule has 1 saturated carbocycles. The molecule has 2 nitrogen and oxygen atoms in total. The average Bonchev–Trinajstić information content (AvgIpc) is 2.56. The molecule has 1 aliphatic carbocycles. The lowest BCUT2D eigenvalue weighted by atomic mass is 9.63. The Bertz CT molecular complexity index is 267. The van der Waals surface area contributed by atoms with Crippen molar-refractivity contribution in [2.45, 2.75) is 59.4 Å². The molecule has 18 heavy (non-hydrogen) atoms. The van der Waals surface area contributed by atoms with Gasteiger partial charge in [-0.15, -0.1) is 0 Å². The summed E-state index contributed by atoms with van der Waals surface area (Å²) in [6, 6.07) is 0.731. The first kappa shape index (κ1) is 14.3. The second-order valence-electron chi connectivity index (χ2n) is 8.44. The summed E-state index contributed by atoms with van der Waals surface area (Å²) in [5, 5.41) is 3.87. The molecular formula is C16H32N2. The normalized spacial score (nSPS) is 32.8. The van der Waals surface area contributed by atoms with Crippen LogP contribution in [0.2, 0.25) is 0 Å². The van der Waals surface area contributed by atoms with Gasteiger partial charge in [-0.1, -0.05) is 27.7 Å². The van der Waals surface area contributed by atoms with Crippen LogP contribution in [0.1, 0.15) is 53.4 Å². The molecule has 2 fully saturated rings. The molecule has 1 aliphatic heterocycles. The minimum absolute atomic E-state index is 0.506. The first-order valence-corrected chi connectivity index (χ1v) is 7.68. The van der Waals surface area contributed by atoms with Gasteiger partial charge in [0.25, 0.3) is 0 Å². The molecule has 106 valence electrons. The molecule has 1 unspecified atom stereocenters. The van der Waals surface area contributed by atoms with Crippen LogP contribution < -0.4 is 5.32 Å². The Kier molecular flexibility index (Phi) is 4.08. The smallest absolute Gasteiger partial charge is 0.00773 e. The van der Waals surface area contributed by atoms with Crippen molar-refractivity contribution in [1.82, 2.24) is 10.2 Å². The summed E-state index contributed by atoms with van der Waals surface area (Å²) >= 11 is 0. The van der Waals surface area contributed by atoms with Crippen molar-refractivity contribution < 1.29 is 0 Å². The third kappa shape index (κ3) is 3.96. The van der Waals surface area contributed by atoms with Gasteiger partial charge in [0, 0.05) is 12.6 Å². The van der Waals surface area contributed by atoms with Gasteiger partial charge in [0.15, 0.2) is 0 Å². The lowest BCUT2D eigenvalue weighted by molar-refractivity contribution is 0.0835. The minimum atomic E-state index is 0.506. The number of hydrogen-bond donors (Lipinski definition) is 1. The highest BCUT2D eigenvalue weighted by Gasteiger charge is 2.38. The van der Waals surface area contributed by atoms with E-state index >= 15 is 0 Å². The fourth-order valence-corrected chi connectivity index (χ4v) is 4.52. The molecule has 1 saturated heterocycles. The molecule has 2 aliphatic rings. The molecule has 0 aromatic heterocycles. The Morgan fingerprint density at radius 3 is 2.22 bits per heavy atom. The van der Waals surface area contributed by atoms with Gasteiger partial charge >= 0.3 is 0 Å². The number of hydrogen-bond acceptors (Lipinski definition) is 2. The van der Waals surface area contributed by atoms with Crippen molar-refractivity contribution in [1.29, 1.82) is 0 Å².